The fourth-order valence-electron chi connectivity index (χ4n) is 1.71. The summed E-state index contributed by atoms with van der Waals surface area (Å²) in [7, 11) is 0. The van der Waals surface area contributed by atoms with Crippen molar-refractivity contribution in [3.8, 4) is 0 Å². The number of aliphatic hydroxyl groups is 1. The van der Waals surface area contributed by atoms with Crippen molar-refractivity contribution < 1.29 is 14.6 Å². The molecule has 1 aromatic rings. The van der Waals surface area contributed by atoms with Crippen LogP contribution in [0.15, 0.2) is 30.3 Å². The molecule has 1 unspecified atom stereocenters. The maximum atomic E-state index is 11.6. The molecule has 1 aromatic carbocycles. The third kappa shape index (κ3) is 6.94. The zero-order chi connectivity index (χ0) is 14.3. The molecule has 0 radical (unpaired) electrons. The minimum atomic E-state index is -0.479. The number of carbonyl (C=O) groups excluding carboxylic acids is 1. The van der Waals surface area contributed by atoms with Gasteiger partial charge in [-0.2, -0.15) is 0 Å². The lowest BCUT2D eigenvalue weighted by molar-refractivity contribution is -0.153. The van der Waals surface area contributed by atoms with Crippen LogP contribution in [0.4, 0.5) is 0 Å². The Morgan fingerprint density at radius 1 is 1.32 bits per heavy atom. The predicted molar refractivity (Wildman–Crippen MR) is 74.9 cm³/mol. The number of nitrogens with one attached hydrogen (secondary N) is 1. The first-order valence-electron chi connectivity index (χ1n) is 6.51. The fourth-order valence-corrected chi connectivity index (χ4v) is 1.71. The first-order valence-corrected chi connectivity index (χ1v) is 6.51. The minimum Gasteiger partial charge on any atom is -0.459 e. The largest absolute Gasteiger partial charge is 0.459 e. The van der Waals surface area contributed by atoms with Crippen LogP contribution in [0.5, 0.6) is 0 Å². The summed E-state index contributed by atoms with van der Waals surface area (Å²) in [6, 6.07) is 9.71. The minimum absolute atomic E-state index is 0.0162. The maximum Gasteiger partial charge on any atom is 0.320 e. The third-order valence-corrected chi connectivity index (χ3v) is 2.50. The number of hydrogen-bond donors (Lipinski definition) is 2. The van der Waals surface area contributed by atoms with Crippen LogP contribution in [0.1, 0.15) is 26.3 Å². The summed E-state index contributed by atoms with van der Waals surface area (Å²) < 4.78 is 5.20. The SMILES string of the molecule is CC(C)(C)OC(=O)CNC(CO)Cc1ccccc1. The average Bonchev–Trinajstić information content (AvgIpc) is 2.33. The second kappa shape index (κ2) is 7.26. The zero-order valence-corrected chi connectivity index (χ0v) is 11.8. The molecule has 1 atom stereocenters. The van der Waals surface area contributed by atoms with Crippen molar-refractivity contribution in [3.63, 3.8) is 0 Å². The molecule has 0 fully saturated rings. The van der Waals surface area contributed by atoms with E-state index in [-0.39, 0.29) is 25.2 Å². The Morgan fingerprint density at radius 3 is 2.47 bits per heavy atom. The van der Waals surface area contributed by atoms with Gasteiger partial charge in [0.25, 0.3) is 0 Å². The standard InChI is InChI=1S/C15H23NO3/c1-15(2,3)19-14(18)10-16-13(11-17)9-12-7-5-4-6-8-12/h4-8,13,16-17H,9-11H2,1-3H3. The van der Waals surface area contributed by atoms with E-state index >= 15 is 0 Å². The van der Waals surface area contributed by atoms with Gasteiger partial charge in [0.15, 0.2) is 0 Å². The van der Waals surface area contributed by atoms with Gasteiger partial charge in [0.2, 0.25) is 0 Å². The molecule has 0 heterocycles. The first kappa shape index (κ1) is 15.7. The Hall–Kier alpha value is -1.39. The third-order valence-electron chi connectivity index (χ3n) is 2.50. The van der Waals surface area contributed by atoms with Crippen molar-refractivity contribution >= 4 is 5.97 Å². The quantitative estimate of drug-likeness (QED) is 0.766. The lowest BCUT2D eigenvalue weighted by atomic mass is 10.1. The Labute approximate surface area is 114 Å². The highest BCUT2D eigenvalue weighted by Crippen LogP contribution is 2.07. The van der Waals surface area contributed by atoms with Crippen LogP contribution < -0.4 is 5.32 Å². The van der Waals surface area contributed by atoms with Gasteiger partial charge in [0.1, 0.15) is 5.60 Å². The van der Waals surface area contributed by atoms with Crippen molar-refractivity contribution in [2.24, 2.45) is 0 Å². The normalized spacial score (nSPS) is 13.1. The second-order valence-electron chi connectivity index (χ2n) is 5.54. The average molecular weight is 265 g/mol. The lowest BCUT2D eigenvalue weighted by Gasteiger charge is -2.21. The number of ether oxygens (including phenoxy) is 1. The first-order chi connectivity index (χ1) is 8.90. The molecule has 0 amide bonds. The van der Waals surface area contributed by atoms with E-state index in [1.165, 1.54) is 0 Å². The van der Waals surface area contributed by atoms with Gasteiger partial charge in [-0.15, -0.1) is 0 Å². The summed E-state index contributed by atoms with van der Waals surface area (Å²) in [5.41, 5.74) is 0.644. The van der Waals surface area contributed by atoms with Gasteiger partial charge >= 0.3 is 5.97 Å². The zero-order valence-electron chi connectivity index (χ0n) is 11.8. The number of aliphatic hydroxyl groups excluding tert-OH is 1. The monoisotopic (exact) mass is 265 g/mol. The molecule has 0 saturated carbocycles. The smallest absolute Gasteiger partial charge is 0.320 e. The predicted octanol–water partition coefficient (Wildman–Crippen LogP) is 1.52. The second-order valence-corrected chi connectivity index (χ2v) is 5.54. The number of hydrogen-bond acceptors (Lipinski definition) is 4. The van der Waals surface area contributed by atoms with Crippen molar-refractivity contribution in [2.75, 3.05) is 13.2 Å². The van der Waals surface area contributed by atoms with Crippen molar-refractivity contribution in [1.82, 2.24) is 5.32 Å². The van der Waals surface area contributed by atoms with Crippen molar-refractivity contribution in [3.05, 3.63) is 35.9 Å². The molecule has 1 rings (SSSR count). The summed E-state index contributed by atoms with van der Waals surface area (Å²) in [5, 5.41) is 12.3. The maximum absolute atomic E-state index is 11.6. The summed E-state index contributed by atoms with van der Waals surface area (Å²) in [6.07, 6.45) is 0.681. The molecule has 0 spiro atoms. The molecule has 0 bridgehead atoms. The van der Waals surface area contributed by atoms with Crippen molar-refractivity contribution in [2.45, 2.75) is 38.8 Å². The van der Waals surface area contributed by atoms with Gasteiger partial charge < -0.3 is 15.2 Å². The van der Waals surface area contributed by atoms with Gasteiger partial charge in [0.05, 0.1) is 13.2 Å². The van der Waals surface area contributed by atoms with Crippen LogP contribution in [0, 0.1) is 0 Å². The van der Waals surface area contributed by atoms with Crippen LogP contribution in [-0.2, 0) is 16.0 Å². The van der Waals surface area contributed by atoms with Gasteiger partial charge in [-0.05, 0) is 32.8 Å². The van der Waals surface area contributed by atoms with Gasteiger partial charge in [-0.25, -0.2) is 0 Å². The van der Waals surface area contributed by atoms with E-state index in [2.05, 4.69) is 5.32 Å². The molecular weight excluding hydrogens is 242 g/mol. The summed E-state index contributed by atoms with van der Waals surface area (Å²) in [6.45, 7) is 5.59. The van der Waals surface area contributed by atoms with Gasteiger partial charge in [0, 0.05) is 6.04 Å². The Bertz CT molecular complexity index is 384. The molecule has 4 nitrogen and oxygen atoms in total. The van der Waals surface area contributed by atoms with E-state index in [0.717, 1.165) is 5.56 Å². The number of carbonyl (C=O) groups is 1. The van der Waals surface area contributed by atoms with Crippen LogP contribution in [0.2, 0.25) is 0 Å². The molecule has 106 valence electrons. The fraction of sp³-hybridized carbons (Fsp3) is 0.533. The highest BCUT2D eigenvalue weighted by atomic mass is 16.6. The molecule has 0 aromatic heterocycles. The molecule has 19 heavy (non-hydrogen) atoms. The van der Waals surface area contributed by atoms with Crippen LogP contribution in [0.25, 0.3) is 0 Å². The lowest BCUT2D eigenvalue weighted by Crippen LogP contribution is -2.40. The highest BCUT2D eigenvalue weighted by molar-refractivity contribution is 5.72. The molecule has 0 saturated heterocycles. The Morgan fingerprint density at radius 2 is 1.95 bits per heavy atom. The van der Waals surface area contributed by atoms with E-state index in [9.17, 15) is 9.90 Å². The molecular formula is C15H23NO3. The van der Waals surface area contributed by atoms with E-state index in [0.29, 0.717) is 6.42 Å². The van der Waals surface area contributed by atoms with Crippen LogP contribution in [0.3, 0.4) is 0 Å². The number of esters is 1. The van der Waals surface area contributed by atoms with Gasteiger partial charge in [-0.1, -0.05) is 30.3 Å². The summed E-state index contributed by atoms with van der Waals surface area (Å²) >= 11 is 0. The molecule has 0 aliphatic heterocycles. The summed E-state index contributed by atoms with van der Waals surface area (Å²) in [5.74, 6) is -0.306. The number of benzene rings is 1. The van der Waals surface area contributed by atoms with Crippen LogP contribution in [-0.4, -0.2) is 35.9 Å². The van der Waals surface area contributed by atoms with Crippen molar-refractivity contribution in [1.29, 1.82) is 0 Å². The highest BCUT2D eigenvalue weighted by Gasteiger charge is 2.17. The summed E-state index contributed by atoms with van der Waals surface area (Å²) in [4.78, 5) is 11.6. The van der Waals surface area contributed by atoms with E-state index in [1.54, 1.807) is 0 Å². The molecule has 2 N–H and O–H groups in total. The molecule has 0 aliphatic rings. The molecule has 0 aliphatic carbocycles. The Balaban J connectivity index is 2.39. The Kier molecular flexibility index (Phi) is 5.99. The number of rotatable bonds is 6. The van der Waals surface area contributed by atoms with Gasteiger partial charge in [-0.3, -0.25) is 4.79 Å². The van der Waals surface area contributed by atoms with E-state index in [4.69, 9.17) is 4.74 Å². The van der Waals surface area contributed by atoms with Crippen LogP contribution >= 0.6 is 0 Å². The topological polar surface area (TPSA) is 58.6 Å². The molecule has 4 heteroatoms. The van der Waals surface area contributed by atoms with E-state index in [1.807, 2.05) is 51.1 Å². The van der Waals surface area contributed by atoms with E-state index < -0.39 is 5.60 Å².